The minimum atomic E-state index is 0.871. The zero-order valence-corrected chi connectivity index (χ0v) is 27.9. The Balaban J connectivity index is 1.13. The molecule has 0 radical (unpaired) electrons. The number of aromatic nitrogens is 1. The normalized spacial score (nSPS) is 12.2. The molecule has 0 saturated carbocycles. The molecule has 0 aliphatic rings. The first-order valence-corrected chi connectivity index (χ1v) is 17.7. The van der Waals surface area contributed by atoms with Gasteiger partial charge in [0, 0.05) is 49.4 Å². The summed E-state index contributed by atoms with van der Waals surface area (Å²) in [6, 6.07) is 60.6. The van der Waals surface area contributed by atoms with Crippen LogP contribution >= 0.6 is 0 Å². The number of fused-ring (bicyclic) bond motifs is 8. The molecule has 4 heteroatoms. The molecule has 8 aromatic carbocycles. The van der Waals surface area contributed by atoms with E-state index in [1.807, 2.05) is 0 Å². The van der Waals surface area contributed by atoms with Gasteiger partial charge < -0.3 is 18.1 Å². The molecule has 0 N–H and O–H groups in total. The van der Waals surface area contributed by atoms with E-state index in [9.17, 15) is 0 Å². The first-order valence-electron chi connectivity index (χ1n) is 17.7. The van der Waals surface area contributed by atoms with E-state index in [1.165, 1.54) is 38.0 Å². The highest BCUT2D eigenvalue weighted by Gasteiger charge is 2.22. The predicted molar refractivity (Wildman–Crippen MR) is 216 cm³/mol. The largest absolute Gasteiger partial charge is 0.456 e. The van der Waals surface area contributed by atoms with Crippen molar-refractivity contribution in [3.05, 3.63) is 170 Å². The van der Waals surface area contributed by atoms with Crippen LogP contribution in [0.25, 0.3) is 93.1 Å². The molecule has 0 saturated heterocycles. The number of furan rings is 2. The van der Waals surface area contributed by atoms with Gasteiger partial charge in [-0.2, -0.15) is 0 Å². The zero-order valence-electron chi connectivity index (χ0n) is 27.9. The Morgan fingerprint density at radius 3 is 1.71 bits per heavy atom. The molecule has 0 aliphatic carbocycles. The van der Waals surface area contributed by atoms with Crippen LogP contribution in [0, 0.1) is 0 Å². The van der Waals surface area contributed by atoms with Crippen LogP contribution in [0.2, 0.25) is 0 Å². The first kappa shape index (κ1) is 27.7. The Morgan fingerprint density at radius 2 is 0.923 bits per heavy atom. The highest BCUT2D eigenvalue weighted by molar-refractivity contribution is 6.30. The lowest BCUT2D eigenvalue weighted by atomic mass is 9.97. The van der Waals surface area contributed by atoms with Gasteiger partial charge in [0.25, 0.3) is 0 Å². The van der Waals surface area contributed by atoms with Crippen molar-refractivity contribution in [2.45, 2.75) is 0 Å². The van der Waals surface area contributed by atoms with Crippen LogP contribution in [0.4, 0.5) is 17.1 Å². The smallest absolute Gasteiger partial charge is 0.137 e. The number of benzene rings is 8. The highest BCUT2D eigenvalue weighted by atomic mass is 16.3. The third-order valence-corrected chi connectivity index (χ3v) is 10.9. The quantitative estimate of drug-likeness (QED) is 0.188. The number of anilines is 3. The van der Waals surface area contributed by atoms with Gasteiger partial charge in [-0.05, 0) is 108 Å². The summed E-state index contributed by atoms with van der Waals surface area (Å²) in [6.07, 6.45) is 0. The van der Waals surface area contributed by atoms with Crippen LogP contribution in [0.5, 0.6) is 0 Å². The van der Waals surface area contributed by atoms with Crippen LogP contribution in [0.1, 0.15) is 0 Å². The third-order valence-electron chi connectivity index (χ3n) is 10.9. The summed E-state index contributed by atoms with van der Waals surface area (Å²) in [6.45, 7) is 0. The zero-order chi connectivity index (χ0) is 33.9. The lowest BCUT2D eigenvalue weighted by Crippen LogP contribution is -2.09. The molecule has 0 fully saturated rings. The Hall–Kier alpha value is -7.04. The van der Waals surface area contributed by atoms with E-state index >= 15 is 0 Å². The van der Waals surface area contributed by atoms with Crippen molar-refractivity contribution in [1.29, 1.82) is 0 Å². The summed E-state index contributed by atoms with van der Waals surface area (Å²) in [4.78, 5) is 2.30. The molecule has 0 bridgehead atoms. The fourth-order valence-electron chi connectivity index (χ4n) is 8.66. The second-order valence-electron chi connectivity index (χ2n) is 13.7. The summed E-state index contributed by atoms with van der Waals surface area (Å²) in [5.41, 5.74) is 12.7. The Kier molecular flexibility index (Phi) is 5.47. The minimum Gasteiger partial charge on any atom is -0.456 e. The van der Waals surface area contributed by atoms with Crippen LogP contribution in [0.15, 0.2) is 179 Å². The summed E-state index contributed by atoms with van der Waals surface area (Å²) in [5.74, 6) is 0. The molecule has 0 unspecified atom stereocenters. The van der Waals surface area contributed by atoms with E-state index < -0.39 is 0 Å². The third kappa shape index (κ3) is 3.75. The van der Waals surface area contributed by atoms with Gasteiger partial charge in [-0.15, -0.1) is 0 Å². The molecular formula is C48H28N2O2. The molecule has 52 heavy (non-hydrogen) atoms. The lowest BCUT2D eigenvalue weighted by molar-refractivity contribution is 0.668. The van der Waals surface area contributed by atoms with Gasteiger partial charge in [0.1, 0.15) is 22.3 Å². The van der Waals surface area contributed by atoms with Gasteiger partial charge >= 0.3 is 0 Å². The molecule has 12 rings (SSSR count). The second-order valence-corrected chi connectivity index (χ2v) is 13.7. The maximum atomic E-state index is 6.46. The van der Waals surface area contributed by atoms with Crippen molar-refractivity contribution in [1.82, 2.24) is 4.40 Å². The van der Waals surface area contributed by atoms with E-state index in [4.69, 9.17) is 8.83 Å². The molecule has 0 atom stereocenters. The number of hydrogen-bond acceptors (Lipinski definition) is 3. The van der Waals surface area contributed by atoms with Crippen molar-refractivity contribution >= 4 is 99.0 Å². The second kappa shape index (κ2) is 10.3. The van der Waals surface area contributed by atoms with Crippen molar-refractivity contribution in [3.8, 4) is 11.1 Å². The fourth-order valence-corrected chi connectivity index (χ4v) is 8.66. The van der Waals surface area contributed by atoms with Gasteiger partial charge in [-0.1, -0.05) is 78.9 Å². The lowest BCUT2D eigenvalue weighted by Gasteiger charge is -2.25. The van der Waals surface area contributed by atoms with E-state index in [1.54, 1.807) is 0 Å². The number of nitrogens with zero attached hydrogens (tertiary/aromatic N) is 2. The molecule has 0 aliphatic heterocycles. The van der Waals surface area contributed by atoms with Gasteiger partial charge in [0.05, 0.1) is 21.9 Å². The summed E-state index contributed by atoms with van der Waals surface area (Å²) >= 11 is 0. The fraction of sp³-hybridized carbons (Fsp3) is 0. The molecule has 0 spiro atoms. The average molecular weight is 665 g/mol. The molecule has 12 aromatic rings. The highest BCUT2D eigenvalue weighted by Crippen LogP contribution is 2.45. The van der Waals surface area contributed by atoms with Crippen LogP contribution in [0.3, 0.4) is 0 Å². The van der Waals surface area contributed by atoms with Crippen molar-refractivity contribution in [2.24, 2.45) is 0 Å². The van der Waals surface area contributed by atoms with Gasteiger partial charge in [-0.25, -0.2) is 0 Å². The molecular weight excluding hydrogens is 637 g/mol. The molecule has 0 amide bonds. The SMILES string of the molecule is c1ccc(N(c2ccccc2)c2ccc3oc4ccc(-c5cc6c7cccc8oc9cccc(c9c87)n7c8ccccc8c(c5)c67)cc4c3c2)cc1. The summed E-state index contributed by atoms with van der Waals surface area (Å²) in [5, 5.41) is 9.38. The standard InChI is InChI=1S/C48H28N2O2/c1-3-11-31(12-4-1)49(32-13-5-2-6-14-32)33-22-24-43-37(28-33)36-25-29(21-23-42(36)51-43)30-26-38-34-15-7-8-17-40(34)50-41-18-10-20-45-47(41)46-35(39(27-30)48(38)50)16-9-19-44(46)52-45/h1-28H. The maximum Gasteiger partial charge on any atom is 0.137 e. The number of hydrogen-bond donors (Lipinski definition) is 0. The van der Waals surface area contributed by atoms with Crippen LogP contribution < -0.4 is 4.90 Å². The van der Waals surface area contributed by atoms with E-state index in [0.717, 1.165) is 72.2 Å². The van der Waals surface area contributed by atoms with Crippen LogP contribution in [-0.2, 0) is 0 Å². The van der Waals surface area contributed by atoms with Crippen LogP contribution in [-0.4, -0.2) is 4.40 Å². The molecule has 4 heterocycles. The summed E-state index contributed by atoms with van der Waals surface area (Å²) < 4.78 is 15.4. The van der Waals surface area contributed by atoms with E-state index in [2.05, 4.69) is 179 Å². The van der Waals surface area contributed by atoms with E-state index in [-0.39, 0.29) is 0 Å². The summed E-state index contributed by atoms with van der Waals surface area (Å²) in [7, 11) is 0. The van der Waals surface area contributed by atoms with Gasteiger partial charge in [0.2, 0.25) is 0 Å². The van der Waals surface area contributed by atoms with Crippen molar-refractivity contribution in [2.75, 3.05) is 4.90 Å². The maximum absolute atomic E-state index is 6.46. The average Bonchev–Trinajstić information content (AvgIpc) is 3.85. The number of para-hydroxylation sites is 3. The first-order chi connectivity index (χ1) is 25.8. The predicted octanol–water partition coefficient (Wildman–Crippen LogP) is 13.8. The van der Waals surface area contributed by atoms with Gasteiger partial charge in [-0.3, -0.25) is 0 Å². The molecule has 4 aromatic heterocycles. The number of rotatable bonds is 4. The topological polar surface area (TPSA) is 33.9 Å². The minimum absolute atomic E-state index is 0.871. The van der Waals surface area contributed by atoms with Gasteiger partial charge in [0.15, 0.2) is 0 Å². The Bertz CT molecular complexity index is 3310. The van der Waals surface area contributed by atoms with E-state index in [0.29, 0.717) is 0 Å². The Morgan fingerprint density at radius 1 is 0.346 bits per heavy atom. The van der Waals surface area contributed by atoms with Crippen molar-refractivity contribution in [3.63, 3.8) is 0 Å². The molecule has 4 nitrogen and oxygen atoms in total. The molecule has 242 valence electrons. The monoisotopic (exact) mass is 664 g/mol. The van der Waals surface area contributed by atoms with Crippen molar-refractivity contribution < 1.29 is 8.83 Å². The Labute approximate surface area is 297 Å².